The molecule has 1 aromatic heterocycles. The Labute approximate surface area is 102 Å². The van der Waals surface area contributed by atoms with Crippen LogP contribution >= 0.6 is 11.3 Å². The van der Waals surface area contributed by atoms with E-state index in [9.17, 15) is 14.9 Å². The van der Waals surface area contributed by atoms with Crippen molar-refractivity contribution in [3.63, 3.8) is 0 Å². The highest BCUT2D eigenvalue weighted by molar-refractivity contribution is 7.15. The number of carbonyl (C=O) groups is 1. The largest absolute Gasteiger partial charge is 0.480 e. The summed E-state index contributed by atoms with van der Waals surface area (Å²) in [5.74, 6) is -1.03. The fourth-order valence-electron chi connectivity index (χ4n) is 1.27. The number of nitrogens with zero attached hydrogens (tertiary/aromatic N) is 1. The molecule has 0 saturated heterocycles. The summed E-state index contributed by atoms with van der Waals surface area (Å²) in [5, 5.41) is 22.5. The van der Waals surface area contributed by atoms with Gasteiger partial charge in [0.15, 0.2) is 0 Å². The maximum Gasteiger partial charge on any atom is 0.326 e. The first-order valence-corrected chi connectivity index (χ1v) is 6.00. The van der Waals surface area contributed by atoms with Gasteiger partial charge in [-0.25, -0.2) is 0 Å². The molecule has 0 bridgehead atoms. The Morgan fingerprint density at radius 1 is 1.65 bits per heavy atom. The molecule has 1 aromatic rings. The quantitative estimate of drug-likeness (QED) is 0.602. The molecule has 7 heteroatoms. The Kier molecular flexibility index (Phi) is 4.59. The first-order valence-electron chi connectivity index (χ1n) is 5.18. The molecule has 1 heterocycles. The van der Waals surface area contributed by atoms with Crippen LogP contribution in [-0.4, -0.2) is 22.0 Å². The molecular weight excluding hydrogens is 244 g/mol. The lowest BCUT2D eigenvalue weighted by Gasteiger charge is -2.17. The van der Waals surface area contributed by atoms with Gasteiger partial charge >= 0.3 is 11.0 Å². The van der Waals surface area contributed by atoms with Gasteiger partial charge in [0, 0.05) is 17.0 Å². The van der Waals surface area contributed by atoms with E-state index in [2.05, 4.69) is 5.32 Å². The first kappa shape index (κ1) is 13.6. The minimum atomic E-state index is -1.03. The minimum absolute atomic E-state index is 0.0391. The zero-order valence-corrected chi connectivity index (χ0v) is 10.4. The topological polar surface area (TPSA) is 92.5 Å². The number of aliphatic carboxylic acids is 1. The molecule has 0 spiro atoms. The normalized spacial score (nSPS) is 14.2. The van der Waals surface area contributed by atoms with Crippen LogP contribution in [0.15, 0.2) is 12.1 Å². The molecule has 0 aliphatic heterocycles. The monoisotopic (exact) mass is 258 g/mol. The third-order valence-electron chi connectivity index (χ3n) is 2.39. The standard InChI is InChI=1S/C10H14N2O4S/c1-3-6(2)11-9(10(13)14)7-4-5-8(17-7)12(15)16/h4-6,9,11H,3H2,1-2H3,(H,13,14). The Bertz CT molecular complexity index is 418. The van der Waals surface area contributed by atoms with Gasteiger partial charge in [-0.2, -0.15) is 0 Å². The van der Waals surface area contributed by atoms with Gasteiger partial charge < -0.3 is 5.11 Å². The van der Waals surface area contributed by atoms with E-state index in [0.29, 0.717) is 4.88 Å². The predicted octanol–water partition coefficient (Wildman–Crippen LogP) is 2.17. The second-order valence-corrected chi connectivity index (χ2v) is 4.77. The fraction of sp³-hybridized carbons (Fsp3) is 0.500. The molecule has 0 amide bonds. The summed E-state index contributed by atoms with van der Waals surface area (Å²) >= 11 is 0.887. The van der Waals surface area contributed by atoms with Gasteiger partial charge in [0.25, 0.3) is 0 Å². The zero-order chi connectivity index (χ0) is 13.0. The SMILES string of the molecule is CCC(C)NC(C(=O)O)c1ccc([N+](=O)[O-])s1. The van der Waals surface area contributed by atoms with Gasteiger partial charge in [-0.05, 0) is 19.4 Å². The summed E-state index contributed by atoms with van der Waals surface area (Å²) in [4.78, 5) is 21.6. The van der Waals surface area contributed by atoms with Crippen LogP contribution in [0.1, 0.15) is 31.2 Å². The van der Waals surface area contributed by atoms with Gasteiger partial charge in [0.05, 0.1) is 4.92 Å². The molecule has 2 atom stereocenters. The number of carboxylic acids is 1. The number of rotatable bonds is 6. The molecule has 2 N–H and O–H groups in total. The van der Waals surface area contributed by atoms with E-state index in [1.165, 1.54) is 12.1 Å². The van der Waals surface area contributed by atoms with E-state index in [4.69, 9.17) is 5.11 Å². The van der Waals surface area contributed by atoms with Crippen LogP contribution in [0, 0.1) is 10.1 Å². The van der Waals surface area contributed by atoms with Crippen molar-refractivity contribution >= 4 is 22.3 Å². The van der Waals surface area contributed by atoms with Crippen LogP contribution < -0.4 is 5.32 Å². The average Bonchev–Trinajstić information content (AvgIpc) is 2.74. The summed E-state index contributed by atoms with van der Waals surface area (Å²) in [6.07, 6.45) is 0.789. The van der Waals surface area contributed by atoms with Crippen molar-refractivity contribution in [3.8, 4) is 0 Å². The number of hydrogen-bond acceptors (Lipinski definition) is 5. The van der Waals surface area contributed by atoms with Gasteiger partial charge in [0.2, 0.25) is 0 Å². The van der Waals surface area contributed by atoms with Crippen molar-refractivity contribution in [2.45, 2.75) is 32.4 Å². The van der Waals surface area contributed by atoms with Crippen molar-refractivity contribution < 1.29 is 14.8 Å². The van der Waals surface area contributed by atoms with Crippen LogP contribution in [0.2, 0.25) is 0 Å². The van der Waals surface area contributed by atoms with Crippen molar-refractivity contribution in [2.75, 3.05) is 0 Å². The smallest absolute Gasteiger partial charge is 0.326 e. The average molecular weight is 258 g/mol. The Balaban J connectivity index is 2.89. The molecule has 0 fully saturated rings. The lowest BCUT2D eigenvalue weighted by molar-refractivity contribution is -0.380. The Hall–Kier alpha value is -1.47. The van der Waals surface area contributed by atoms with Crippen molar-refractivity contribution in [2.24, 2.45) is 0 Å². The summed E-state index contributed by atoms with van der Waals surface area (Å²) < 4.78 is 0. The summed E-state index contributed by atoms with van der Waals surface area (Å²) in [6, 6.07) is 1.96. The maximum absolute atomic E-state index is 11.1. The molecule has 2 unspecified atom stereocenters. The van der Waals surface area contributed by atoms with Gasteiger partial charge in [0.1, 0.15) is 6.04 Å². The van der Waals surface area contributed by atoms with Crippen molar-refractivity contribution in [1.82, 2.24) is 5.32 Å². The number of thiophene rings is 1. The number of nitrogens with one attached hydrogen (secondary N) is 1. The summed E-state index contributed by atoms with van der Waals surface area (Å²) in [6.45, 7) is 3.81. The Morgan fingerprint density at radius 2 is 2.29 bits per heavy atom. The second-order valence-electron chi connectivity index (χ2n) is 3.68. The van der Waals surface area contributed by atoms with E-state index in [1.54, 1.807) is 0 Å². The fourth-order valence-corrected chi connectivity index (χ4v) is 2.15. The molecule has 17 heavy (non-hydrogen) atoms. The van der Waals surface area contributed by atoms with Crippen LogP contribution in [0.25, 0.3) is 0 Å². The number of nitro groups is 1. The molecule has 1 rings (SSSR count). The molecule has 94 valence electrons. The molecule has 0 aliphatic carbocycles. The second kappa shape index (κ2) is 5.74. The van der Waals surface area contributed by atoms with Gasteiger partial charge in [-0.15, -0.1) is 0 Å². The van der Waals surface area contributed by atoms with Gasteiger partial charge in [-0.3, -0.25) is 20.2 Å². The van der Waals surface area contributed by atoms with Crippen LogP contribution in [-0.2, 0) is 4.79 Å². The van der Waals surface area contributed by atoms with Crippen molar-refractivity contribution in [3.05, 3.63) is 27.1 Å². The molecule has 0 aliphatic rings. The molecule has 0 saturated carbocycles. The van der Waals surface area contributed by atoms with E-state index in [0.717, 1.165) is 17.8 Å². The van der Waals surface area contributed by atoms with Crippen LogP contribution in [0.5, 0.6) is 0 Å². The summed E-state index contributed by atoms with van der Waals surface area (Å²) in [5.41, 5.74) is 0. The highest BCUT2D eigenvalue weighted by Crippen LogP contribution is 2.29. The van der Waals surface area contributed by atoms with Crippen molar-refractivity contribution in [1.29, 1.82) is 0 Å². The molecule has 6 nitrogen and oxygen atoms in total. The highest BCUT2D eigenvalue weighted by atomic mass is 32.1. The van der Waals surface area contributed by atoms with Crippen LogP contribution in [0.3, 0.4) is 0 Å². The third kappa shape index (κ3) is 3.50. The minimum Gasteiger partial charge on any atom is -0.480 e. The zero-order valence-electron chi connectivity index (χ0n) is 9.54. The third-order valence-corrected chi connectivity index (χ3v) is 3.49. The highest BCUT2D eigenvalue weighted by Gasteiger charge is 2.24. The van der Waals surface area contributed by atoms with E-state index < -0.39 is 16.9 Å². The van der Waals surface area contributed by atoms with E-state index in [1.807, 2.05) is 13.8 Å². The van der Waals surface area contributed by atoms with Gasteiger partial charge in [-0.1, -0.05) is 18.3 Å². The lowest BCUT2D eigenvalue weighted by Crippen LogP contribution is -2.34. The number of hydrogen-bond donors (Lipinski definition) is 2. The van der Waals surface area contributed by atoms with E-state index >= 15 is 0 Å². The molecular formula is C10H14N2O4S. The molecule has 0 radical (unpaired) electrons. The Morgan fingerprint density at radius 3 is 2.71 bits per heavy atom. The van der Waals surface area contributed by atoms with E-state index in [-0.39, 0.29) is 11.0 Å². The molecule has 0 aromatic carbocycles. The number of carboxylic acid groups (broad SMARTS) is 1. The summed E-state index contributed by atoms with van der Waals surface area (Å²) in [7, 11) is 0. The maximum atomic E-state index is 11.1. The first-order chi connectivity index (χ1) is 7.95. The van der Waals surface area contributed by atoms with Crippen LogP contribution in [0.4, 0.5) is 5.00 Å². The lowest BCUT2D eigenvalue weighted by atomic mass is 10.2. The predicted molar refractivity (Wildman–Crippen MR) is 64.2 cm³/mol.